The third kappa shape index (κ3) is 2.93. The molecule has 0 heterocycles. The Morgan fingerprint density at radius 2 is 2.20 bits per heavy atom. The van der Waals surface area contributed by atoms with Crippen molar-refractivity contribution in [2.45, 2.75) is 37.2 Å². The van der Waals surface area contributed by atoms with Crippen LogP contribution in [-0.4, -0.2) is 36.8 Å². The number of aliphatic hydroxyl groups excluding tert-OH is 1. The molecule has 1 aromatic rings. The first-order valence-corrected chi connectivity index (χ1v) is 7.62. The van der Waals surface area contributed by atoms with E-state index in [1.54, 1.807) is 6.08 Å². The van der Waals surface area contributed by atoms with E-state index in [2.05, 4.69) is 37.7 Å². The lowest BCUT2D eigenvalue weighted by atomic mass is 9.67. The van der Waals surface area contributed by atoms with E-state index in [1.165, 1.54) is 5.56 Å². The molecule has 0 aromatic heterocycles. The van der Waals surface area contributed by atoms with Gasteiger partial charge in [0.2, 0.25) is 0 Å². The van der Waals surface area contributed by atoms with Gasteiger partial charge in [-0.1, -0.05) is 43.2 Å². The first-order valence-electron chi connectivity index (χ1n) is 7.25. The highest BCUT2D eigenvalue weighted by atomic mass is 35.5. The van der Waals surface area contributed by atoms with Crippen LogP contribution >= 0.6 is 11.6 Å². The molecule has 0 radical (unpaired) electrons. The van der Waals surface area contributed by atoms with E-state index < -0.39 is 0 Å². The number of rotatable bonds is 4. The zero-order valence-electron chi connectivity index (χ0n) is 12.4. The Bertz CT molecular complexity index is 486. The lowest BCUT2D eigenvalue weighted by molar-refractivity contribution is 0.0264. The van der Waals surface area contributed by atoms with Crippen LogP contribution in [0, 0.1) is 0 Å². The second-order valence-electron chi connectivity index (χ2n) is 6.10. The number of likely N-dealkylation sites (N-methyl/N-ethyl adjacent to an activating group) is 1. The molecule has 0 spiro atoms. The van der Waals surface area contributed by atoms with Gasteiger partial charge in [-0.3, -0.25) is 0 Å². The fraction of sp³-hybridized carbons (Fsp3) is 0.529. The van der Waals surface area contributed by atoms with Crippen LogP contribution in [0.1, 0.15) is 36.8 Å². The van der Waals surface area contributed by atoms with Gasteiger partial charge in [-0.05, 0) is 50.2 Å². The summed E-state index contributed by atoms with van der Waals surface area (Å²) in [7, 11) is 4.13. The van der Waals surface area contributed by atoms with Gasteiger partial charge in [0.15, 0.2) is 0 Å². The molecule has 2 rings (SSSR count). The van der Waals surface area contributed by atoms with Crippen molar-refractivity contribution in [3.63, 3.8) is 0 Å². The Morgan fingerprint density at radius 3 is 2.80 bits per heavy atom. The van der Waals surface area contributed by atoms with Gasteiger partial charge in [-0.25, -0.2) is 0 Å². The third-order valence-corrected chi connectivity index (χ3v) is 4.72. The average Bonchev–Trinajstić information content (AvgIpc) is 2.41. The summed E-state index contributed by atoms with van der Waals surface area (Å²) in [5.41, 5.74) is 1.93. The molecule has 1 N–H and O–H groups in total. The molecule has 2 nitrogen and oxygen atoms in total. The summed E-state index contributed by atoms with van der Waals surface area (Å²) in [6.07, 6.45) is 5.65. The summed E-state index contributed by atoms with van der Waals surface area (Å²) < 4.78 is 0. The van der Waals surface area contributed by atoms with Gasteiger partial charge < -0.3 is 10.0 Å². The molecule has 1 fully saturated rings. The van der Waals surface area contributed by atoms with Crippen molar-refractivity contribution < 1.29 is 5.11 Å². The molecule has 1 aliphatic rings. The van der Waals surface area contributed by atoms with Gasteiger partial charge in [0.1, 0.15) is 0 Å². The Balaban J connectivity index is 2.47. The molecule has 110 valence electrons. The van der Waals surface area contributed by atoms with Gasteiger partial charge in [0, 0.05) is 17.0 Å². The number of nitrogens with zero attached hydrogens (tertiary/aromatic N) is 1. The molecular formula is C17H24ClNO. The zero-order valence-corrected chi connectivity index (χ0v) is 13.2. The summed E-state index contributed by atoms with van der Waals surface area (Å²) in [4.78, 5) is 2.16. The van der Waals surface area contributed by atoms with Crippen LogP contribution in [0.15, 0.2) is 24.8 Å². The minimum atomic E-state index is -0.294. The van der Waals surface area contributed by atoms with E-state index in [9.17, 15) is 5.11 Å². The van der Waals surface area contributed by atoms with Gasteiger partial charge in [-0.2, -0.15) is 0 Å². The molecule has 0 aliphatic heterocycles. The van der Waals surface area contributed by atoms with E-state index in [0.29, 0.717) is 5.02 Å². The van der Waals surface area contributed by atoms with Crippen molar-refractivity contribution >= 4 is 17.7 Å². The summed E-state index contributed by atoms with van der Waals surface area (Å²) in [6.45, 7) is 4.68. The molecule has 0 amide bonds. The minimum absolute atomic E-state index is 0.190. The molecule has 20 heavy (non-hydrogen) atoms. The Hall–Kier alpha value is -0.830. The number of hydrogen-bond acceptors (Lipinski definition) is 2. The summed E-state index contributed by atoms with van der Waals surface area (Å²) in [5.74, 6) is 0. The maximum Gasteiger partial charge on any atom is 0.0649 e. The van der Waals surface area contributed by atoms with E-state index in [1.807, 2.05) is 6.07 Å². The maximum absolute atomic E-state index is 10.7. The predicted molar refractivity (Wildman–Crippen MR) is 86.2 cm³/mol. The zero-order chi connectivity index (χ0) is 14.8. The van der Waals surface area contributed by atoms with Crippen molar-refractivity contribution in [2.75, 3.05) is 20.6 Å². The Labute approximate surface area is 127 Å². The molecule has 2 atom stereocenters. The van der Waals surface area contributed by atoms with E-state index in [0.717, 1.165) is 37.8 Å². The second-order valence-corrected chi connectivity index (χ2v) is 6.50. The highest BCUT2D eigenvalue weighted by molar-refractivity contribution is 6.32. The van der Waals surface area contributed by atoms with Crippen molar-refractivity contribution in [3.8, 4) is 0 Å². The highest BCUT2D eigenvalue weighted by Gasteiger charge is 2.41. The third-order valence-electron chi connectivity index (χ3n) is 4.38. The van der Waals surface area contributed by atoms with Crippen LogP contribution in [0.4, 0.5) is 0 Å². The normalized spacial score (nSPS) is 26.8. The van der Waals surface area contributed by atoms with Crippen LogP contribution < -0.4 is 0 Å². The quantitative estimate of drug-likeness (QED) is 0.914. The van der Waals surface area contributed by atoms with Gasteiger partial charge in [-0.15, -0.1) is 0 Å². The second kappa shape index (κ2) is 6.30. The minimum Gasteiger partial charge on any atom is -0.392 e. The number of aliphatic hydroxyl groups is 1. The number of benzene rings is 1. The van der Waals surface area contributed by atoms with Crippen molar-refractivity contribution in [1.29, 1.82) is 0 Å². The molecule has 0 unspecified atom stereocenters. The van der Waals surface area contributed by atoms with Gasteiger partial charge in [0.05, 0.1) is 6.10 Å². The Morgan fingerprint density at radius 1 is 1.45 bits per heavy atom. The lowest BCUT2D eigenvalue weighted by Crippen LogP contribution is -2.49. The van der Waals surface area contributed by atoms with Crippen LogP contribution in [0.25, 0.3) is 6.08 Å². The molecule has 0 bridgehead atoms. The fourth-order valence-corrected chi connectivity index (χ4v) is 3.60. The van der Waals surface area contributed by atoms with Crippen LogP contribution in [-0.2, 0) is 5.41 Å². The van der Waals surface area contributed by atoms with E-state index in [-0.39, 0.29) is 11.5 Å². The summed E-state index contributed by atoms with van der Waals surface area (Å²) in [5, 5.41) is 11.4. The number of halogens is 1. The Kier molecular flexibility index (Phi) is 4.90. The van der Waals surface area contributed by atoms with Gasteiger partial charge in [0.25, 0.3) is 0 Å². The lowest BCUT2D eigenvalue weighted by Gasteiger charge is -2.44. The standard InChI is InChI=1S/C17H24ClNO/c1-4-13-11-14(8-9-15(13)18)17(12-19(2)3)10-6-5-7-16(17)20/h4,8-9,11,16,20H,1,5-7,10,12H2,2-3H3/t16-,17-/m1/s1. The fourth-order valence-electron chi connectivity index (χ4n) is 3.41. The first-order chi connectivity index (χ1) is 9.49. The van der Waals surface area contributed by atoms with E-state index >= 15 is 0 Å². The topological polar surface area (TPSA) is 23.5 Å². The molecule has 1 saturated carbocycles. The maximum atomic E-state index is 10.7. The van der Waals surface area contributed by atoms with Gasteiger partial charge >= 0.3 is 0 Å². The van der Waals surface area contributed by atoms with Crippen molar-refractivity contribution in [3.05, 3.63) is 40.9 Å². The monoisotopic (exact) mass is 293 g/mol. The highest BCUT2D eigenvalue weighted by Crippen LogP contribution is 2.41. The SMILES string of the molecule is C=Cc1cc([C@]2(CN(C)C)CCCC[C@H]2O)ccc1Cl. The summed E-state index contributed by atoms with van der Waals surface area (Å²) in [6, 6.07) is 6.08. The van der Waals surface area contributed by atoms with Crippen LogP contribution in [0.2, 0.25) is 5.02 Å². The summed E-state index contributed by atoms with van der Waals surface area (Å²) >= 11 is 6.18. The predicted octanol–water partition coefficient (Wildman–Crippen LogP) is 3.72. The largest absolute Gasteiger partial charge is 0.392 e. The smallest absolute Gasteiger partial charge is 0.0649 e. The molecular weight excluding hydrogens is 270 g/mol. The molecule has 0 saturated heterocycles. The average molecular weight is 294 g/mol. The van der Waals surface area contributed by atoms with E-state index in [4.69, 9.17) is 11.6 Å². The molecule has 1 aliphatic carbocycles. The van der Waals surface area contributed by atoms with Crippen LogP contribution in [0.5, 0.6) is 0 Å². The van der Waals surface area contributed by atoms with Crippen molar-refractivity contribution in [1.82, 2.24) is 4.90 Å². The molecule has 1 aromatic carbocycles. The van der Waals surface area contributed by atoms with Crippen LogP contribution in [0.3, 0.4) is 0 Å². The first kappa shape index (κ1) is 15.6. The number of hydrogen-bond donors (Lipinski definition) is 1. The molecule has 3 heteroatoms. The van der Waals surface area contributed by atoms with Crippen molar-refractivity contribution in [2.24, 2.45) is 0 Å².